The predicted octanol–water partition coefficient (Wildman–Crippen LogP) is 2.38. The number of carboxylic acid groups (broad SMARTS) is 1. The molecule has 0 unspecified atom stereocenters. The van der Waals surface area contributed by atoms with Crippen LogP contribution in [0.3, 0.4) is 0 Å². The van der Waals surface area contributed by atoms with Gasteiger partial charge in [0.25, 0.3) is 5.91 Å². The summed E-state index contributed by atoms with van der Waals surface area (Å²) in [4.78, 5) is 22.2. The van der Waals surface area contributed by atoms with E-state index in [1.807, 2.05) is 5.32 Å². The standard InChI is InChI=1S/C13H11F6NO5/c14-12(15,16)5-24-7-1-2-9(25-6-13(17,18)19)8(3-7)11(23)20-4-10(21)22/h1-3H,4-6H2,(H,20,23)(H,21,22). The number of carbonyl (C=O) groups is 2. The van der Waals surface area contributed by atoms with Crippen LogP contribution in [-0.2, 0) is 4.79 Å². The Morgan fingerprint density at radius 2 is 1.56 bits per heavy atom. The van der Waals surface area contributed by atoms with Gasteiger partial charge in [-0.1, -0.05) is 0 Å². The number of aliphatic carboxylic acids is 1. The first-order valence-corrected chi connectivity index (χ1v) is 6.40. The molecule has 0 heterocycles. The number of hydrogen-bond acceptors (Lipinski definition) is 4. The summed E-state index contributed by atoms with van der Waals surface area (Å²) >= 11 is 0. The largest absolute Gasteiger partial charge is 0.484 e. The molecule has 1 amide bonds. The summed E-state index contributed by atoms with van der Waals surface area (Å²) in [7, 11) is 0. The van der Waals surface area contributed by atoms with Crippen molar-refractivity contribution >= 4 is 11.9 Å². The minimum Gasteiger partial charge on any atom is -0.484 e. The van der Waals surface area contributed by atoms with Crippen LogP contribution in [0.1, 0.15) is 10.4 Å². The molecule has 0 saturated carbocycles. The predicted molar refractivity (Wildman–Crippen MR) is 69.5 cm³/mol. The highest BCUT2D eigenvalue weighted by atomic mass is 19.4. The van der Waals surface area contributed by atoms with E-state index in [0.29, 0.717) is 6.07 Å². The van der Waals surface area contributed by atoms with Gasteiger partial charge in [0, 0.05) is 0 Å². The van der Waals surface area contributed by atoms with E-state index < -0.39 is 61.1 Å². The van der Waals surface area contributed by atoms with E-state index in [2.05, 4.69) is 9.47 Å². The number of nitrogens with one attached hydrogen (secondary N) is 1. The number of hydrogen-bond donors (Lipinski definition) is 2. The van der Waals surface area contributed by atoms with Crippen LogP contribution in [0.5, 0.6) is 11.5 Å². The van der Waals surface area contributed by atoms with Crippen molar-refractivity contribution in [3.8, 4) is 11.5 Å². The molecular weight excluding hydrogens is 364 g/mol. The van der Waals surface area contributed by atoms with Gasteiger partial charge in [-0.05, 0) is 18.2 Å². The Morgan fingerprint density at radius 1 is 1.00 bits per heavy atom. The molecule has 2 N–H and O–H groups in total. The van der Waals surface area contributed by atoms with Gasteiger partial charge in [-0.25, -0.2) is 0 Å². The van der Waals surface area contributed by atoms with Crippen LogP contribution >= 0.6 is 0 Å². The molecule has 0 spiro atoms. The van der Waals surface area contributed by atoms with Gasteiger partial charge in [0.05, 0.1) is 5.56 Å². The first-order chi connectivity index (χ1) is 11.4. The summed E-state index contributed by atoms with van der Waals surface area (Å²) in [6.07, 6.45) is -9.39. The Balaban J connectivity index is 3.01. The average molecular weight is 375 g/mol. The zero-order chi connectivity index (χ0) is 19.3. The molecular formula is C13H11F6NO5. The van der Waals surface area contributed by atoms with Crippen molar-refractivity contribution in [1.82, 2.24) is 5.32 Å². The van der Waals surface area contributed by atoms with E-state index in [-0.39, 0.29) is 0 Å². The van der Waals surface area contributed by atoms with Crippen molar-refractivity contribution in [2.45, 2.75) is 12.4 Å². The Bertz CT molecular complexity index is 628. The van der Waals surface area contributed by atoms with Gasteiger partial charge in [-0.15, -0.1) is 0 Å². The number of amides is 1. The van der Waals surface area contributed by atoms with Crippen LogP contribution in [0.15, 0.2) is 18.2 Å². The lowest BCUT2D eigenvalue weighted by atomic mass is 10.1. The second kappa shape index (κ2) is 7.94. The van der Waals surface area contributed by atoms with Crippen molar-refractivity contribution in [2.75, 3.05) is 19.8 Å². The first-order valence-electron chi connectivity index (χ1n) is 6.40. The molecule has 0 aliphatic heterocycles. The van der Waals surface area contributed by atoms with E-state index in [4.69, 9.17) is 5.11 Å². The van der Waals surface area contributed by atoms with E-state index >= 15 is 0 Å². The minimum atomic E-state index is -4.72. The highest BCUT2D eigenvalue weighted by Crippen LogP contribution is 2.27. The lowest BCUT2D eigenvalue weighted by Crippen LogP contribution is -2.30. The molecule has 1 aromatic carbocycles. The number of ether oxygens (including phenoxy) is 2. The molecule has 0 atom stereocenters. The number of rotatable bonds is 7. The topological polar surface area (TPSA) is 84.9 Å². The second-order valence-corrected chi connectivity index (χ2v) is 4.54. The Labute approximate surface area is 136 Å². The molecule has 1 aromatic rings. The van der Waals surface area contributed by atoms with Crippen LogP contribution in [0.2, 0.25) is 0 Å². The highest BCUT2D eigenvalue weighted by Gasteiger charge is 2.30. The molecule has 0 aliphatic carbocycles. The molecule has 1 rings (SSSR count). The molecule has 25 heavy (non-hydrogen) atoms. The molecule has 0 aromatic heterocycles. The molecule has 140 valence electrons. The van der Waals surface area contributed by atoms with E-state index in [9.17, 15) is 35.9 Å². The number of carboxylic acids is 1. The molecule has 0 aliphatic rings. The maximum Gasteiger partial charge on any atom is 0.422 e. The first kappa shape index (κ1) is 20.4. The zero-order valence-corrected chi connectivity index (χ0v) is 12.2. The second-order valence-electron chi connectivity index (χ2n) is 4.54. The summed E-state index contributed by atoms with van der Waals surface area (Å²) in [5.74, 6) is -3.65. The van der Waals surface area contributed by atoms with Crippen LogP contribution in [0, 0.1) is 0 Å². The summed E-state index contributed by atoms with van der Waals surface area (Å²) in [5, 5.41) is 10.3. The molecule has 0 radical (unpaired) electrons. The third-order valence-corrected chi connectivity index (χ3v) is 2.39. The van der Waals surface area contributed by atoms with Crippen molar-refractivity contribution in [2.24, 2.45) is 0 Å². The average Bonchev–Trinajstić information content (AvgIpc) is 2.47. The lowest BCUT2D eigenvalue weighted by molar-refractivity contribution is -0.154. The van der Waals surface area contributed by atoms with Crippen LogP contribution in [-0.4, -0.2) is 49.1 Å². The zero-order valence-electron chi connectivity index (χ0n) is 12.2. The van der Waals surface area contributed by atoms with E-state index in [0.717, 1.165) is 12.1 Å². The van der Waals surface area contributed by atoms with Gasteiger partial charge in [-0.3, -0.25) is 9.59 Å². The molecule has 0 fully saturated rings. The van der Waals surface area contributed by atoms with Gasteiger partial charge in [0.15, 0.2) is 13.2 Å². The maximum atomic E-state index is 12.2. The van der Waals surface area contributed by atoms with Crippen LogP contribution in [0.25, 0.3) is 0 Å². The van der Waals surface area contributed by atoms with Crippen molar-refractivity contribution < 1.29 is 50.5 Å². The van der Waals surface area contributed by atoms with Gasteiger partial charge in [0.2, 0.25) is 0 Å². The van der Waals surface area contributed by atoms with Crippen molar-refractivity contribution in [3.63, 3.8) is 0 Å². The SMILES string of the molecule is O=C(O)CNC(=O)c1cc(OCC(F)(F)F)ccc1OCC(F)(F)F. The van der Waals surface area contributed by atoms with Crippen molar-refractivity contribution in [3.05, 3.63) is 23.8 Å². The number of alkyl halides is 6. The fraction of sp³-hybridized carbons (Fsp3) is 0.385. The highest BCUT2D eigenvalue weighted by molar-refractivity contribution is 5.98. The smallest absolute Gasteiger partial charge is 0.422 e. The summed E-state index contributed by atoms with van der Waals surface area (Å²) in [6.45, 7) is -4.30. The van der Waals surface area contributed by atoms with Crippen LogP contribution in [0.4, 0.5) is 26.3 Å². The maximum absolute atomic E-state index is 12.2. The van der Waals surface area contributed by atoms with E-state index in [1.165, 1.54) is 0 Å². The summed E-state index contributed by atoms with van der Waals surface area (Å²) < 4.78 is 81.8. The number of benzene rings is 1. The molecule has 6 nitrogen and oxygen atoms in total. The number of carbonyl (C=O) groups excluding carboxylic acids is 1. The fourth-order valence-electron chi connectivity index (χ4n) is 1.48. The Kier molecular flexibility index (Phi) is 6.48. The third-order valence-electron chi connectivity index (χ3n) is 2.39. The summed E-state index contributed by atoms with van der Waals surface area (Å²) in [5.41, 5.74) is -0.606. The normalized spacial score (nSPS) is 11.8. The van der Waals surface area contributed by atoms with Gasteiger partial charge in [-0.2, -0.15) is 26.3 Å². The lowest BCUT2D eigenvalue weighted by Gasteiger charge is -2.15. The fourth-order valence-corrected chi connectivity index (χ4v) is 1.48. The number of halogens is 6. The monoisotopic (exact) mass is 375 g/mol. The van der Waals surface area contributed by atoms with Gasteiger partial charge < -0.3 is 19.9 Å². The Morgan fingerprint density at radius 3 is 2.08 bits per heavy atom. The van der Waals surface area contributed by atoms with E-state index in [1.54, 1.807) is 0 Å². The van der Waals surface area contributed by atoms with Gasteiger partial charge >= 0.3 is 18.3 Å². The third kappa shape index (κ3) is 8.13. The van der Waals surface area contributed by atoms with Gasteiger partial charge in [0.1, 0.15) is 18.0 Å². The minimum absolute atomic E-state index is 0.461. The Hall–Kier alpha value is -2.66. The molecule has 0 saturated heterocycles. The van der Waals surface area contributed by atoms with Crippen molar-refractivity contribution in [1.29, 1.82) is 0 Å². The van der Waals surface area contributed by atoms with Crippen LogP contribution < -0.4 is 14.8 Å². The molecule has 0 bridgehead atoms. The quantitative estimate of drug-likeness (QED) is 0.715. The summed E-state index contributed by atoms with van der Waals surface area (Å²) in [6, 6.07) is 2.41. The molecule has 12 heteroatoms.